The van der Waals surface area contributed by atoms with Gasteiger partial charge < -0.3 is 75.5 Å². The Balaban J connectivity index is 1.93. The fraction of sp³-hybridized carbons (Fsp3) is 0.965. The van der Waals surface area contributed by atoms with Crippen molar-refractivity contribution in [3.63, 3.8) is 0 Å². The summed E-state index contributed by atoms with van der Waals surface area (Å²) < 4.78 is 23.2. The van der Waals surface area contributed by atoms with E-state index in [9.17, 15) is 55.5 Å². The summed E-state index contributed by atoms with van der Waals surface area (Å²) in [6.07, 6.45) is 21.2. The second kappa shape index (κ2) is 43.3. The lowest BCUT2D eigenvalue weighted by molar-refractivity contribution is -0.348. The third-order valence-electron chi connectivity index (χ3n) is 15.2. The Bertz CT molecular complexity index is 1350. The van der Waals surface area contributed by atoms with Crippen LogP contribution in [0.5, 0.6) is 0 Å². The first-order valence-corrected chi connectivity index (χ1v) is 29.9. The second-order valence-electron chi connectivity index (χ2n) is 21.8. The molecule has 2 rings (SSSR count). The van der Waals surface area contributed by atoms with E-state index in [1.54, 1.807) is 0 Å². The first-order chi connectivity index (χ1) is 35.8. The maximum absolute atomic E-state index is 13.5. The highest BCUT2D eigenvalue weighted by Crippen LogP contribution is 2.30. The Labute approximate surface area is 446 Å². The van der Waals surface area contributed by atoms with Crippen molar-refractivity contribution < 1.29 is 74.5 Å². The molecule has 2 fully saturated rings. The van der Waals surface area contributed by atoms with E-state index >= 15 is 0 Å². The first kappa shape index (κ1) is 68.5. The smallest absolute Gasteiger partial charge is 0.249 e. The molecule has 0 aliphatic carbocycles. The van der Waals surface area contributed by atoms with Crippen LogP contribution in [0.15, 0.2) is 0 Å². The maximum atomic E-state index is 13.5. The highest BCUT2D eigenvalue weighted by Gasteiger charge is 2.51. The lowest BCUT2D eigenvalue weighted by atomic mass is 9.95. The molecule has 2 aliphatic rings. The van der Waals surface area contributed by atoms with E-state index in [-0.39, 0.29) is 12.8 Å². The summed E-state index contributed by atoms with van der Waals surface area (Å²) in [4.78, 5) is 25.5. The largest absolute Gasteiger partial charge is 0.394 e. The van der Waals surface area contributed by atoms with E-state index in [1.807, 2.05) is 0 Å². The minimum Gasteiger partial charge on any atom is -0.394 e. The Hall–Kier alpha value is -1.58. The molecule has 0 aromatic rings. The van der Waals surface area contributed by atoms with Crippen molar-refractivity contribution >= 4 is 11.8 Å². The molecule has 74 heavy (non-hydrogen) atoms. The van der Waals surface area contributed by atoms with Crippen LogP contribution in [0, 0.1) is 0 Å². The van der Waals surface area contributed by atoms with Crippen molar-refractivity contribution in [3.05, 3.63) is 0 Å². The average molecular weight is 1060 g/mol. The van der Waals surface area contributed by atoms with Gasteiger partial charge in [0, 0.05) is 6.92 Å². The molecule has 2 saturated heterocycles. The molecular formula is C57H110N2O15. The van der Waals surface area contributed by atoms with Crippen LogP contribution in [-0.4, -0.2) is 163 Å². The van der Waals surface area contributed by atoms with Crippen LogP contribution in [0.4, 0.5) is 0 Å². The van der Waals surface area contributed by atoms with E-state index in [0.29, 0.717) is 12.8 Å². The quantitative estimate of drug-likeness (QED) is 0.0273. The van der Waals surface area contributed by atoms with Crippen molar-refractivity contribution in [2.24, 2.45) is 0 Å². The molecule has 14 unspecified atom stereocenters. The lowest BCUT2D eigenvalue weighted by Crippen LogP contribution is -2.68. The van der Waals surface area contributed by atoms with Gasteiger partial charge in [0.05, 0.1) is 32.0 Å². The van der Waals surface area contributed by atoms with E-state index in [1.165, 1.54) is 148 Å². The normalized spacial score (nSPS) is 25.9. The number of carbonyl (C=O) groups is 2. The van der Waals surface area contributed by atoms with Gasteiger partial charge in [-0.25, -0.2) is 0 Å². The molecule has 17 heteroatoms. The van der Waals surface area contributed by atoms with Gasteiger partial charge in [-0.3, -0.25) is 9.59 Å². The zero-order chi connectivity index (χ0) is 54.4. The fourth-order valence-electron chi connectivity index (χ4n) is 10.3. The molecule has 2 heterocycles. The summed E-state index contributed by atoms with van der Waals surface area (Å²) in [6.45, 7) is 3.57. The van der Waals surface area contributed by atoms with Crippen LogP contribution in [0.3, 0.4) is 0 Å². The molecular weight excluding hydrogens is 953 g/mol. The Kier molecular flexibility index (Phi) is 40.1. The average Bonchev–Trinajstić information content (AvgIpc) is 3.38. The SMILES string of the molecule is CCCCCCCCCCCCCCCCCCCCCC(O)C(=O)NC(COC1OC(CO)C(O)C(OC2OC(CO)C(O)C(O)C2NC(C)=O)C1O)C(O)C(O)CCCCCCCCCCCCCCCC. The standard InChI is InChI=1S/C57H110N2O15/c1-4-6-8-10-12-14-16-18-20-21-22-23-24-26-28-30-32-34-36-38-45(64)55(70)59-43(49(65)44(63)37-35-33-31-29-27-25-19-17-15-13-11-9-7-5-2)41-71-57-53(69)54(51(67)47(40-61)73-57)74-56-48(58-42(3)62)52(68)50(66)46(39-60)72-56/h43-54,56-57,60-61,63-69H,4-41H2,1-3H3,(H,58,62)(H,59,70). The topological polar surface area (TPSA) is 277 Å². The van der Waals surface area contributed by atoms with Gasteiger partial charge in [-0.15, -0.1) is 0 Å². The predicted molar refractivity (Wildman–Crippen MR) is 287 cm³/mol. The van der Waals surface area contributed by atoms with Gasteiger partial charge in [0.25, 0.3) is 0 Å². The minimum atomic E-state index is -1.85. The number of aliphatic hydroxyl groups excluding tert-OH is 9. The maximum Gasteiger partial charge on any atom is 0.249 e. The summed E-state index contributed by atoms with van der Waals surface area (Å²) in [5, 5.41) is 103. The number of carbonyl (C=O) groups excluding carboxylic acids is 2. The third-order valence-corrected chi connectivity index (χ3v) is 15.2. The van der Waals surface area contributed by atoms with Crippen LogP contribution in [0.2, 0.25) is 0 Å². The highest BCUT2D eigenvalue weighted by molar-refractivity contribution is 5.80. The number of ether oxygens (including phenoxy) is 4. The molecule has 0 bridgehead atoms. The second-order valence-corrected chi connectivity index (χ2v) is 21.8. The van der Waals surface area contributed by atoms with Crippen molar-refractivity contribution in [1.29, 1.82) is 0 Å². The molecule has 0 spiro atoms. The van der Waals surface area contributed by atoms with Gasteiger partial charge in [-0.05, 0) is 12.8 Å². The van der Waals surface area contributed by atoms with Gasteiger partial charge in [-0.1, -0.05) is 226 Å². The number of rotatable bonds is 47. The molecule has 0 radical (unpaired) electrons. The Morgan fingerprint density at radius 3 is 1.28 bits per heavy atom. The molecule has 0 aromatic carbocycles. The molecule has 2 aliphatic heterocycles. The van der Waals surface area contributed by atoms with E-state index < -0.39 is 117 Å². The zero-order valence-electron chi connectivity index (χ0n) is 46.4. The molecule has 0 saturated carbocycles. The minimum absolute atomic E-state index is 0.196. The zero-order valence-corrected chi connectivity index (χ0v) is 46.4. The van der Waals surface area contributed by atoms with E-state index in [2.05, 4.69) is 24.5 Å². The van der Waals surface area contributed by atoms with Gasteiger partial charge in [0.2, 0.25) is 11.8 Å². The highest BCUT2D eigenvalue weighted by atomic mass is 16.7. The number of aliphatic hydroxyl groups is 9. The Morgan fingerprint density at radius 2 is 0.878 bits per heavy atom. The van der Waals surface area contributed by atoms with Crippen LogP contribution in [-0.2, 0) is 28.5 Å². The summed E-state index contributed by atoms with van der Waals surface area (Å²) in [5.41, 5.74) is 0. The molecule has 11 N–H and O–H groups in total. The van der Waals surface area contributed by atoms with Gasteiger partial charge >= 0.3 is 0 Å². The van der Waals surface area contributed by atoms with E-state index in [4.69, 9.17) is 18.9 Å². The van der Waals surface area contributed by atoms with Crippen LogP contribution in [0.25, 0.3) is 0 Å². The molecule has 14 atom stereocenters. The number of hydrogen-bond donors (Lipinski definition) is 11. The number of nitrogens with one attached hydrogen (secondary N) is 2. The van der Waals surface area contributed by atoms with Crippen molar-refractivity contribution in [1.82, 2.24) is 10.6 Å². The van der Waals surface area contributed by atoms with Gasteiger partial charge in [-0.2, -0.15) is 0 Å². The number of amides is 2. The van der Waals surface area contributed by atoms with Crippen molar-refractivity contribution in [2.45, 2.75) is 331 Å². The van der Waals surface area contributed by atoms with E-state index in [0.717, 1.165) is 58.3 Å². The fourth-order valence-corrected chi connectivity index (χ4v) is 10.3. The van der Waals surface area contributed by atoms with Crippen LogP contribution >= 0.6 is 0 Å². The molecule has 17 nitrogen and oxygen atoms in total. The lowest BCUT2D eigenvalue weighted by Gasteiger charge is -2.47. The monoisotopic (exact) mass is 1060 g/mol. The summed E-state index contributed by atoms with van der Waals surface area (Å²) in [7, 11) is 0. The third kappa shape index (κ3) is 28.9. The summed E-state index contributed by atoms with van der Waals surface area (Å²) in [6, 6.07) is -2.72. The summed E-state index contributed by atoms with van der Waals surface area (Å²) in [5.74, 6) is -1.39. The molecule has 0 aromatic heterocycles. The predicted octanol–water partition coefficient (Wildman–Crippen LogP) is 7.03. The first-order valence-electron chi connectivity index (χ1n) is 29.9. The van der Waals surface area contributed by atoms with Crippen LogP contribution in [0.1, 0.15) is 245 Å². The van der Waals surface area contributed by atoms with Gasteiger partial charge in [0.1, 0.15) is 61.0 Å². The van der Waals surface area contributed by atoms with Gasteiger partial charge in [0.15, 0.2) is 12.6 Å². The van der Waals surface area contributed by atoms with Crippen molar-refractivity contribution in [3.8, 4) is 0 Å². The van der Waals surface area contributed by atoms with Crippen molar-refractivity contribution in [2.75, 3.05) is 19.8 Å². The number of unbranched alkanes of at least 4 members (excludes halogenated alkanes) is 31. The number of hydrogen-bond acceptors (Lipinski definition) is 15. The summed E-state index contributed by atoms with van der Waals surface area (Å²) >= 11 is 0. The molecule has 438 valence electrons. The molecule has 2 amide bonds. The van der Waals surface area contributed by atoms with Crippen LogP contribution < -0.4 is 10.6 Å². The Morgan fingerprint density at radius 1 is 0.500 bits per heavy atom.